The van der Waals surface area contributed by atoms with Gasteiger partial charge in [0, 0.05) is 19.0 Å². The van der Waals surface area contributed by atoms with Crippen LogP contribution in [-0.4, -0.2) is 24.0 Å². The molecule has 1 amide bonds. The van der Waals surface area contributed by atoms with Gasteiger partial charge in [0.2, 0.25) is 5.91 Å². The normalized spacial score (nSPS) is 16.9. The number of hydrazine groups is 1. The maximum Gasteiger partial charge on any atom is 0.416 e. The Labute approximate surface area is 124 Å². The van der Waals surface area contributed by atoms with Crippen molar-refractivity contribution >= 4 is 23.3 Å². The first kappa shape index (κ1) is 15.8. The molecule has 21 heavy (non-hydrogen) atoms. The molecular formula is C12H14ClF3N4O. The fourth-order valence-electron chi connectivity index (χ4n) is 2.30. The van der Waals surface area contributed by atoms with Gasteiger partial charge in [0.1, 0.15) is 11.0 Å². The summed E-state index contributed by atoms with van der Waals surface area (Å²) in [5.41, 5.74) is 1.25. The Bertz CT molecular complexity index is 530. The predicted molar refractivity (Wildman–Crippen MR) is 71.5 cm³/mol. The van der Waals surface area contributed by atoms with E-state index in [1.165, 1.54) is 0 Å². The van der Waals surface area contributed by atoms with Crippen LogP contribution >= 0.6 is 11.6 Å². The number of anilines is 1. The summed E-state index contributed by atoms with van der Waals surface area (Å²) in [6.45, 7) is 0.839. The first-order valence-corrected chi connectivity index (χ1v) is 6.69. The van der Waals surface area contributed by atoms with Crippen LogP contribution in [0.3, 0.4) is 0 Å². The molecule has 0 bridgehead atoms. The van der Waals surface area contributed by atoms with E-state index in [0.717, 1.165) is 12.1 Å². The van der Waals surface area contributed by atoms with Gasteiger partial charge >= 0.3 is 6.18 Å². The van der Waals surface area contributed by atoms with Gasteiger partial charge in [0.15, 0.2) is 0 Å². The molecule has 1 fully saturated rings. The van der Waals surface area contributed by atoms with Crippen LogP contribution in [0.2, 0.25) is 5.15 Å². The Morgan fingerprint density at radius 3 is 2.52 bits per heavy atom. The molecule has 1 saturated heterocycles. The van der Waals surface area contributed by atoms with E-state index < -0.39 is 11.7 Å². The minimum absolute atomic E-state index is 0.168. The maximum absolute atomic E-state index is 12.8. The highest BCUT2D eigenvalue weighted by Crippen LogP contribution is 2.33. The van der Waals surface area contributed by atoms with Crippen molar-refractivity contribution in [2.75, 3.05) is 18.0 Å². The number of aromatic nitrogens is 1. The zero-order chi connectivity index (χ0) is 15.6. The Hall–Kier alpha value is -1.54. The molecule has 1 aromatic rings. The fraction of sp³-hybridized carbons (Fsp3) is 0.500. The summed E-state index contributed by atoms with van der Waals surface area (Å²) in [5.74, 6) is 4.75. The third kappa shape index (κ3) is 3.76. The highest BCUT2D eigenvalue weighted by molar-refractivity contribution is 6.29. The number of amides is 1. The predicted octanol–water partition coefficient (Wildman–Crippen LogP) is 1.96. The first-order chi connectivity index (χ1) is 9.81. The number of halogens is 4. The topological polar surface area (TPSA) is 71.2 Å². The van der Waals surface area contributed by atoms with E-state index in [4.69, 9.17) is 17.4 Å². The van der Waals surface area contributed by atoms with Gasteiger partial charge < -0.3 is 4.90 Å². The van der Waals surface area contributed by atoms with Crippen LogP contribution in [0.5, 0.6) is 0 Å². The molecule has 0 aliphatic carbocycles. The van der Waals surface area contributed by atoms with Crippen LogP contribution in [0.15, 0.2) is 12.1 Å². The van der Waals surface area contributed by atoms with Crippen molar-refractivity contribution in [1.29, 1.82) is 0 Å². The molecule has 0 atom stereocenters. The van der Waals surface area contributed by atoms with Crippen molar-refractivity contribution < 1.29 is 18.0 Å². The number of carbonyl (C=O) groups excluding carboxylic acids is 1. The van der Waals surface area contributed by atoms with Gasteiger partial charge in [-0.3, -0.25) is 10.2 Å². The highest BCUT2D eigenvalue weighted by atomic mass is 35.5. The van der Waals surface area contributed by atoms with Crippen LogP contribution in [-0.2, 0) is 11.0 Å². The molecule has 0 aromatic carbocycles. The van der Waals surface area contributed by atoms with Crippen LogP contribution in [0, 0.1) is 5.92 Å². The largest absolute Gasteiger partial charge is 0.416 e. The third-order valence-corrected chi connectivity index (χ3v) is 3.63. The van der Waals surface area contributed by atoms with E-state index in [9.17, 15) is 18.0 Å². The quantitative estimate of drug-likeness (QED) is 0.378. The van der Waals surface area contributed by atoms with E-state index in [0.29, 0.717) is 25.9 Å². The molecule has 1 aliphatic heterocycles. The number of nitrogens with two attached hydrogens (primary N) is 1. The molecule has 116 valence electrons. The van der Waals surface area contributed by atoms with Gasteiger partial charge in [0.05, 0.1) is 5.56 Å². The Balaban J connectivity index is 2.13. The van der Waals surface area contributed by atoms with E-state index in [1.54, 1.807) is 4.90 Å². The number of hydrogen-bond acceptors (Lipinski definition) is 4. The van der Waals surface area contributed by atoms with E-state index in [-0.39, 0.29) is 22.8 Å². The number of carbonyl (C=O) groups is 1. The smallest absolute Gasteiger partial charge is 0.357 e. The number of nitrogens with one attached hydrogen (secondary N) is 1. The first-order valence-electron chi connectivity index (χ1n) is 6.31. The molecule has 0 unspecified atom stereocenters. The van der Waals surface area contributed by atoms with Gasteiger partial charge in [-0.25, -0.2) is 10.8 Å². The highest BCUT2D eigenvalue weighted by Gasteiger charge is 2.33. The third-order valence-electron chi connectivity index (χ3n) is 3.44. The second-order valence-electron chi connectivity index (χ2n) is 4.80. The zero-order valence-corrected chi connectivity index (χ0v) is 11.7. The zero-order valence-electron chi connectivity index (χ0n) is 11.0. The second kappa shape index (κ2) is 6.07. The molecule has 9 heteroatoms. The number of hydrogen-bond donors (Lipinski definition) is 2. The Morgan fingerprint density at radius 2 is 2.00 bits per heavy atom. The SMILES string of the molecule is NNC(=O)C1CCN(c2cc(C(F)(F)F)cc(Cl)n2)CC1. The number of pyridine rings is 1. The van der Waals surface area contributed by atoms with Gasteiger partial charge in [-0.1, -0.05) is 11.6 Å². The number of alkyl halides is 3. The van der Waals surface area contributed by atoms with Gasteiger partial charge in [-0.05, 0) is 25.0 Å². The van der Waals surface area contributed by atoms with E-state index >= 15 is 0 Å². The summed E-state index contributed by atoms with van der Waals surface area (Å²) in [6, 6.07) is 1.76. The maximum atomic E-state index is 12.8. The minimum atomic E-state index is -4.47. The number of rotatable bonds is 2. The molecule has 0 spiro atoms. The van der Waals surface area contributed by atoms with Crippen molar-refractivity contribution in [1.82, 2.24) is 10.4 Å². The standard InChI is InChI=1S/C12H14ClF3N4O/c13-9-5-8(12(14,15)16)6-10(18-9)20-3-1-7(2-4-20)11(21)19-17/h5-7H,1-4,17H2,(H,19,21). The molecule has 1 aromatic heterocycles. The van der Waals surface area contributed by atoms with Crippen molar-refractivity contribution in [3.63, 3.8) is 0 Å². The summed E-state index contributed by atoms with van der Waals surface area (Å²) in [7, 11) is 0. The molecule has 0 radical (unpaired) electrons. The lowest BCUT2D eigenvalue weighted by Gasteiger charge is -2.32. The Kier molecular flexibility index (Phi) is 4.58. The van der Waals surface area contributed by atoms with Crippen LogP contribution in [0.25, 0.3) is 0 Å². The van der Waals surface area contributed by atoms with Crippen molar-refractivity contribution in [2.45, 2.75) is 19.0 Å². The lowest BCUT2D eigenvalue weighted by atomic mass is 9.96. The lowest BCUT2D eigenvalue weighted by molar-refractivity contribution is -0.137. The van der Waals surface area contributed by atoms with E-state index in [1.807, 2.05) is 0 Å². The average molecular weight is 323 g/mol. The lowest BCUT2D eigenvalue weighted by Crippen LogP contribution is -2.43. The monoisotopic (exact) mass is 322 g/mol. The van der Waals surface area contributed by atoms with Crippen molar-refractivity contribution in [3.8, 4) is 0 Å². The summed E-state index contributed by atoms with van der Waals surface area (Å²) in [5, 5.41) is -0.207. The summed E-state index contributed by atoms with van der Waals surface area (Å²) in [6.07, 6.45) is -3.48. The molecule has 2 heterocycles. The number of nitrogens with zero attached hydrogens (tertiary/aromatic N) is 2. The molecule has 3 N–H and O–H groups in total. The molecular weight excluding hydrogens is 309 g/mol. The van der Waals surface area contributed by atoms with Gasteiger partial charge in [0.25, 0.3) is 0 Å². The van der Waals surface area contributed by atoms with Crippen molar-refractivity contribution in [3.05, 3.63) is 22.8 Å². The molecule has 0 saturated carbocycles. The average Bonchev–Trinajstić information content (AvgIpc) is 2.45. The fourth-order valence-corrected chi connectivity index (χ4v) is 2.50. The summed E-state index contributed by atoms with van der Waals surface area (Å²) in [4.78, 5) is 17.0. The van der Waals surface area contributed by atoms with E-state index in [2.05, 4.69) is 10.4 Å². The van der Waals surface area contributed by atoms with Crippen LogP contribution in [0.4, 0.5) is 19.0 Å². The summed E-state index contributed by atoms with van der Waals surface area (Å²) >= 11 is 5.66. The Morgan fingerprint density at radius 1 is 1.38 bits per heavy atom. The van der Waals surface area contributed by atoms with Crippen LogP contribution < -0.4 is 16.2 Å². The van der Waals surface area contributed by atoms with Gasteiger partial charge in [-0.2, -0.15) is 13.2 Å². The number of piperidine rings is 1. The molecule has 1 aliphatic rings. The summed E-state index contributed by atoms with van der Waals surface area (Å²) < 4.78 is 38.3. The van der Waals surface area contributed by atoms with Gasteiger partial charge in [-0.15, -0.1) is 0 Å². The minimum Gasteiger partial charge on any atom is -0.357 e. The van der Waals surface area contributed by atoms with Crippen LogP contribution in [0.1, 0.15) is 18.4 Å². The second-order valence-corrected chi connectivity index (χ2v) is 5.19. The van der Waals surface area contributed by atoms with Crippen molar-refractivity contribution in [2.24, 2.45) is 11.8 Å². The molecule has 2 rings (SSSR count). The molecule has 5 nitrogen and oxygen atoms in total.